The van der Waals surface area contributed by atoms with Gasteiger partial charge in [-0.05, 0) is 43.2 Å². The average Bonchev–Trinajstić information content (AvgIpc) is 2.59. The maximum absolute atomic E-state index is 12.3. The molecule has 0 aromatic carbocycles. The predicted octanol–water partition coefficient (Wildman–Crippen LogP) is 2.62. The highest BCUT2D eigenvalue weighted by Crippen LogP contribution is 2.27. The molecule has 1 aromatic heterocycles. The first-order valence-electron chi connectivity index (χ1n) is 6.18. The Kier molecular flexibility index (Phi) is 5.61. The Balaban J connectivity index is 3.00. The number of halogens is 1. The minimum atomic E-state index is -3.59. The van der Waals surface area contributed by atoms with Gasteiger partial charge in [-0.1, -0.05) is 13.3 Å². The van der Waals surface area contributed by atoms with Gasteiger partial charge in [0.2, 0.25) is 10.0 Å². The lowest BCUT2D eigenvalue weighted by molar-refractivity contribution is 0.416. The van der Waals surface area contributed by atoms with Crippen LogP contribution in [-0.2, 0) is 16.6 Å². The van der Waals surface area contributed by atoms with Crippen molar-refractivity contribution in [1.29, 1.82) is 0 Å². The van der Waals surface area contributed by atoms with E-state index in [1.807, 2.05) is 20.8 Å². The fourth-order valence-corrected chi connectivity index (χ4v) is 4.38. The normalized spacial score (nSPS) is 12.9. The van der Waals surface area contributed by atoms with Crippen molar-refractivity contribution >= 4 is 26.0 Å². The molecule has 0 saturated carbocycles. The molecule has 0 amide bonds. The van der Waals surface area contributed by atoms with Crippen LogP contribution in [0.5, 0.6) is 0 Å². The molecule has 2 N–H and O–H groups in total. The van der Waals surface area contributed by atoms with E-state index in [4.69, 9.17) is 4.42 Å². The van der Waals surface area contributed by atoms with E-state index in [0.717, 1.165) is 12.8 Å². The maximum Gasteiger partial charge on any atom is 0.245 e. The first kappa shape index (κ1) is 16.7. The summed E-state index contributed by atoms with van der Waals surface area (Å²) in [6.45, 7) is 6.24. The highest BCUT2D eigenvalue weighted by Gasteiger charge is 2.29. The van der Waals surface area contributed by atoms with E-state index in [9.17, 15) is 8.42 Å². The summed E-state index contributed by atoms with van der Waals surface area (Å²) >= 11 is 3.16. The topological polar surface area (TPSA) is 71.3 Å². The van der Waals surface area contributed by atoms with Gasteiger partial charge in [0.25, 0.3) is 0 Å². The van der Waals surface area contributed by atoms with Crippen LogP contribution in [0.2, 0.25) is 0 Å². The summed E-state index contributed by atoms with van der Waals surface area (Å²) in [7, 11) is -1.82. The standard InChI is InChI=1S/C12H21BrN2O3S/c1-5-6-12(2,3)15-19(16,17)10-7-9(8-14-4)18-11(10)13/h7,14-15H,5-6,8H2,1-4H3. The van der Waals surface area contributed by atoms with E-state index >= 15 is 0 Å². The molecule has 0 radical (unpaired) electrons. The third kappa shape index (κ3) is 4.59. The number of hydrogen-bond donors (Lipinski definition) is 2. The fraction of sp³-hybridized carbons (Fsp3) is 0.667. The molecule has 0 saturated heterocycles. The molecule has 1 heterocycles. The number of furan rings is 1. The molecule has 1 rings (SSSR count). The molecule has 0 spiro atoms. The molecule has 19 heavy (non-hydrogen) atoms. The predicted molar refractivity (Wildman–Crippen MR) is 78.5 cm³/mol. The molecule has 5 nitrogen and oxygen atoms in total. The van der Waals surface area contributed by atoms with Crippen molar-refractivity contribution in [3.05, 3.63) is 16.5 Å². The van der Waals surface area contributed by atoms with E-state index in [2.05, 4.69) is 26.0 Å². The van der Waals surface area contributed by atoms with Gasteiger partial charge in [0.15, 0.2) is 4.67 Å². The highest BCUT2D eigenvalue weighted by molar-refractivity contribution is 9.10. The molecule has 7 heteroatoms. The summed E-state index contributed by atoms with van der Waals surface area (Å²) < 4.78 is 33.0. The monoisotopic (exact) mass is 352 g/mol. The lowest BCUT2D eigenvalue weighted by Crippen LogP contribution is -2.43. The molecule has 110 valence electrons. The quantitative estimate of drug-likeness (QED) is 0.791. The molecule has 0 fully saturated rings. The first-order chi connectivity index (χ1) is 8.72. The van der Waals surface area contributed by atoms with Crippen LogP contribution in [0.1, 0.15) is 39.4 Å². The van der Waals surface area contributed by atoms with Crippen LogP contribution in [-0.4, -0.2) is 21.0 Å². The van der Waals surface area contributed by atoms with E-state index in [1.54, 1.807) is 7.05 Å². The molecule has 0 bridgehead atoms. The van der Waals surface area contributed by atoms with Crippen molar-refractivity contribution in [3.63, 3.8) is 0 Å². The Morgan fingerprint density at radius 2 is 2.05 bits per heavy atom. The van der Waals surface area contributed by atoms with Gasteiger partial charge < -0.3 is 9.73 Å². The number of nitrogens with one attached hydrogen (secondary N) is 2. The molecule has 0 atom stereocenters. The Hall–Kier alpha value is -0.370. The third-order valence-corrected chi connectivity index (χ3v) is 5.19. The van der Waals surface area contributed by atoms with Gasteiger partial charge in [-0.2, -0.15) is 0 Å². The Morgan fingerprint density at radius 3 is 2.58 bits per heavy atom. The van der Waals surface area contributed by atoms with E-state index in [-0.39, 0.29) is 9.56 Å². The second-order valence-electron chi connectivity index (χ2n) is 5.12. The smallest absolute Gasteiger partial charge is 0.245 e. The zero-order valence-electron chi connectivity index (χ0n) is 11.7. The van der Waals surface area contributed by atoms with Gasteiger partial charge >= 0.3 is 0 Å². The molecule has 0 aliphatic carbocycles. The van der Waals surface area contributed by atoms with Gasteiger partial charge in [-0.25, -0.2) is 13.1 Å². The van der Waals surface area contributed by atoms with Crippen LogP contribution < -0.4 is 10.0 Å². The van der Waals surface area contributed by atoms with E-state index < -0.39 is 15.6 Å². The number of hydrogen-bond acceptors (Lipinski definition) is 4. The molecular weight excluding hydrogens is 332 g/mol. The summed E-state index contributed by atoms with van der Waals surface area (Å²) in [6.07, 6.45) is 1.68. The Bertz CT molecular complexity index is 523. The second-order valence-corrected chi connectivity index (χ2v) is 7.49. The lowest BCUT2D eigenvalue weighted by atomic mass is 10.0. The SMILES string of the molecule is CCCC(C)(C)NS(=O)(=O)c1cc(CNC)oc1Br. The number of sulfonamides is 1. The van der Waals surface area contributed by atoms with Gasteiger partial charge in [0.05, 0.1) is 6.54 Å². The number of rotatable bonds is 7. The van der Waals surface area contributed by atoms with Crippen LogP contribution in [0.4, 0.5) is 0 Å². The van der Waals surface area contributed by atoms with E-state index in [0.29, 0.717) is 12.3 Å². The van der Waals surface area contributed by atoms with Gasteiger partial charge in [-0.3, -0.25) is 0 Å². The second kappa shape index (κ2) is 6.39. The zero-order chi connectivity index (χ0) is 14.7. The van der Waals surface area contributed by atoms with Crippen LogP contribution >= 0.6 is 15.9 Å². The first-order valence-corrected chi connectivity index (χ1v) is 8.46. The van der Waals surface area contributed by atoms with Gasteiger partial charge in [0.1, 0.15) is 10.7 Å². The fourth-order valence-electron chi connectivity index (χ4n) is 1.94. The Labute approximate surface area is 123 Å². The summed E-state index contributed by atoms with van der Waals surface area (Å²) in [5.41, 5.74) is -0.479. The molecule has 0 aliphatic heterocycles. The summed E-state index contributed by atoms with van der Waals surface area (Å²) in [6, 6.07) is 1.53. The third-order valence-electron chi connectivity index (χ3n) is 2.63. The minimum absolute atomic E-state index is 0.141. The van der Waals surface area contributed by atoms with Gasteiger partial charge in [-0.15, -0.1) is 0 Å². The molecule has 0 aliphatic rings. The van der Waals surface area contributed by atoms with Crippen molar-refractivity contribution in [2.75, 3.05) is 7.05 Å². The van der Waals surface area contributed by atoms with Crippen LogP contribution in [0, 0.1) is 0 Å². The van der Waals surface area contributed by atoms with Crippen molar-refractivity contribution in [2.45, 2.75) is 50.6 Å². The lowest BCUT2D eigenvalue weighted by Gasteiger charge is -2.24. The van der Waals surface area contributed by atoms with Crippen molar-refractivity contribution in [2.24, 2.45) is 0 Å². The van der Waals surface area contributed by atoms with Crippen LogP contribution in [0.25, 0.3) is 0 Å². The van der Waals surface area contributed by atoms with E-state index in [1.165, 1.54) is 6.07 Å². The van der Waals surface area contributed by atoms with Crippen molar-refractivity contribution in [3.8, 4) is 0 Å². The maximum atomic E-state index is 12.3. The summed E-state index contributed by atoms with van der Waals surface area (Å²) in [5.74, 6) is 0.572. The summed E-state index contributed by atoms with van der Waals surface area (Å²) in [4.78, 5) is 0.141. The highest BCUT2D eigenvalue weighted by atomic mass is 79.9. The average molecular weight is 353 g/mol. The van der Waals surface area contributed by atoms with Gasteiger partial charge in [0, 0.05) is 11.6 Å². The van der Waals surface area contributed by atoms with Crippen molar-refractivity contribution in [1.82, 2.24) is 10.0 Å². The molecular formula is C12H21BrN2O3S. The van der Waals surface area contributed by atoms with Crippen molar-refractivity contribution < 1.29 is 12.8 Å². The zero-order valence-corrected chi connectivity index (χ0v) is 14.1. The van der Waals surface area contributed by atoms with Crippen LogP contribution in [0.3, 0.4) is 0 Å². The minimum Gasteiger partial charge on any atom is -0.452 e. The van der Waals surface area contributed by atoms with Crippen LogP contribution in [0.15, 0.2) is 20.0 Å². The molecule has 1 aromatic rings. The summed E-state index contributed by atoms with van der Waals surface area (Å²) in [5, 5.41) is 2.91. The largest absolute Gasteiger partial charge is 0.452 e. The molecule has 0 unspecified atom stereocenters. The Morgan fingerprint density at radius 1 is 1.42 bits per heavy atom.